The highest BCUT2D eigenvalue weighted by Gasteiger charge is 2.11. The van der Waals surface area contributed by atoms with Crippen LogP contribution in [0.2, 0.25) is 10.0 Å². The molecular formula is C13H9Cl2F. The Labute approximate surface area is 104 Å². The fourth-order valence-corrected chi connectivity index (χ4v) is 2.17. The molecule has 0 atom stereocenters. The average molecular weight is 255 g/mol. The van der Waals surface area contributed by atoms with Gasteiger partial charge >= 0.3 is 0 Å². The third-order valence-electron chi connectivity index (χ3n) is 2.42. The number of hydrogen-bond acceptors (Lipinski definition) is 0. The van der Waals surface area contributed by atoms with Crippen LogP contribution < -0.4 is 0 Å². The van der Waals surface area contributed by atoms with Crippen molar-refractivity contribution in [1.29, 1.82) is 0 Å². The molecule has 0 fully saturated rings. The Balaban J connectivity index is 2.68. The second kappa shape index (κ2) is 4.44. The van der Waals surface area contributed by atoms with Gasteiger partial charge in [-0.25, -0.2) is 4.39 Å². The Morgan fingerprint density at radius 3 is 2.44 bits per heavy atom. The second-order valence-corrected chi connectivity index (χ2v) is 4.40. The summed E-state index contributed by atoms with van der Waals surface area (Å²) in [5, 5.41) is 1.00. The summed E-state index contributed by atoms with van der Waals surface area (Å²) >= 11 is 11.9. The van der Waals surface area contributed by atoms with Gasteiger partial charge in [-0.2, -0.15) is 0 Å². The van der Waals surface area contributed by atoms with Crippen LogP contribution in [0, 0.1) is 12.7 Å². The van der Waals surface area contributed by atoms with E-state index in [2.05, 4.69) is 0 Å². The first-order chi connectivity index (χ1) is 7.59. The topological polar surface area (TPSA) is 0 Å². The number of aryl methyl sites for hydroxylation is 1. The second-order valence-electron chi connectivity index (χ2n) is 3.56. The SMILES string of the molecule is Cc1cccc(F)c1-c1ccc(Cl)cc1Cl. The lowest BCUT2D eigenvalue weighted by atomic mass is 10.00. The molecule has 0 N–H and O–H groups in total. The minimum absolute atomic E-state index is 0.274. The third-order valence-corrected chi connectivity index (χ3v) is 2.97. The Kier molecular flexibility index (Phi) is 3.17. The minimum Gasteiger partial charge on any atom is -0.206 e. The largest absolute Gasteiger partial charge is 0.206 e. The van der Waals surface area contributed by atoms with Gasteiger partial charge in [0.25, 0.3) is 0 Å². The van der Waals surface area contributed by atoms with Gasteiger partial charge in [0.05, 0.1) is 0 Å². The highest BCUT2D eigenvalue weighted by atomic mass is 35.5. The van der Waals surface area contributed by atoms with Crippen molar-refractivity contribution < 1.29 is 4.39 Å². The van der Waals surface area contributed by atoms with Crippen LogP contribution in [0.3, 0.4) is 0 Å². The van der Waals surface area contributed by atoms with Gasteiger partial charge in [-0.05, 0) is 30.7 Å². The molecular weight excluding hydrogens is 246 g/mol. The highest BCUT2D eigenvalue weighted by molar-refractivity contribution is 6.36. The van der Waals surface area contributed by atoms with Crippen LogP contribution >= 0.6 is 23.2 Å². The minimum atomic E-state index is -0.274. The lowest BCUT2D eigenvalue weighted by molar-refractivity contribution is 0.630. The van der Waals surface area contributed by atoms with Gasteiger partial charge in [-0.1, -0.05) is 41.4 Å². The van der Waals surface area contributed by atoms with Gasteiger partial charge in [0.15, 0.2) is 0 Å². The Morgan fingerprint density at radius 2 is 1.81 bits per heavy atom. The van der Waals surface area contributed by atoms with Crippen LogP contribution in [0.25, 0.3) is 11.1 Å². The van der Waals surface area contributed by atoms with Crippen molar-refractivity contribution in [3.8, 4) is 11.1 Å². The van der Waals surface area contributed by atoms with Gasteiger partial charge in [0.1, 0.15) is 5.82 Å². The molecule has 0 aromatic heterocycles. The molecule has 0 radical (unpaired) electrons. The number of rotatable bonds is 1. The molecule has 0 unspecified atom stereocenters. The average Bonchev–Trinajstić information content (AvgIpc) is 2.20. The van der Waals surface area contributed by atoms with Gasteiger partial charge < -0.3 is 0 Å². The van der Waals surface area contributed by atoms with Crippen LogP contribution in [0.5, 0.6) is 0 Å². The van der Waals surface area contributed by atoms with Crippen molar-refractivity contribution in [2.24, 2.45) is 0 Å². The molecule has 2 aromatic carbocycles. The summed E-state index contributed by atoms with van der Waals surface area (Å²) in [7, 11) is 0. The van der Waals surface area contributed by atoms with E-state index in [0.717, 1.165) is 5.56 Å². The van der Waals surface area contributed by atoms with Crippen molar-refractivity contribution in [3.05, 3.63) is 57.8 Å². The summed E-state index contributed by atoms with van der Waals surface area (Å²) in [5.74, 6) is -0.274. The van der Waals surface area contributed by atoms with Gasteiger partial charge in [0, 0.05) is 21.2 Å². The van der Waals surface area contributed by atoms with E-state index in [4.69, 9.17) is 23.2 Å². The van der Waals surface area contributed by atoms with Gasteiger partial charge in [0.2, 0.25) is 0 Å². The molecule has 2 aromatic rings. The van der Waals surface area contributed by atoms with Crippen molar-refractivity contribution in [1.82, 2.24) is 0 Å². The molecule has 0 heterocycles. The molecule has 0 spiro atoms. The molecule has 0 aliphatic heterocycles. The first-order valence-electron chi connectivity index (χ1n) is 4.80. The quantitative estimate of drug-likeness (QED) is 0.664. The molecule has 0 saturated carbocycles. The van der Waals surface area contributed by atoms with E-state index in [0.29, 0.717) is 21.2 Å². The summed E-state index contributed by atoms with van der Waals surface area (Å²) < 4.78 is 13.7. The maximum Gasteiger partial charge on any atom is 0.131 e. The predicted octanol–water partition coefficient (Wildman–Crippen LogP) is 5.11. The lowest BCUT2D eigenvalue weighted by Gasteiger charge is -2.09. The number of halogens is 3. The third kappa shape index (κ3) is 2.06. The van der Waals surface area contributed by atoms with E-state index < -0.39 is 0 Å². The van der Waals surface area contributed by atoms with E-state index in [-0.39, 0.29) is 5.82 Å². The zero-order valence-corrected chi connectivity index (χ0v) is 10.1. The van der Waals surface area contributed by atoms with Crippen LogP contribution in [0.1, 0.15) is 5.56 Å². The molecule has 0 aliphatic rings. The summed E-state index contributed by atoms with van der Waals surface area (Å²) in [6.45, 7) is 1.85. The molecule has 0 aliphatic carbocycles. The number of hydrogen-bond donors (Lipinski definition) is 0. The summed E-state index contributed by atoms with van der Waals surface area (Å²) in [4.78, 5) is 0. The van der Waals surface area contributed by atoms with Gasteiger partial charge in [-0.15, -0.1) is 0 Å². The van der Waals surface area contributed by atoms with Gasteiger partial charge in [-0.3, -0.25) is 0 Å². The van der Waals surface area contributed by atoms with Crippen LogP contribution in [-0.4, -0.2) is 0 Å². The molecule has 82 valence electrons. The molecule has 0 saturated heterocycles. The lowest BCUT2D eigenvalue weighted by Crippen LogP contribution is -1.89. The molecule has 3 heteroatoms. The molecule has 16 heavy (non-hydrogen) atoms. The zero-order valence-electron chi connectivity index (χ0n) is 8.60. The van der Waals surface area contributed by atoms with E-state index in [9.17, 15) is 4.39 Å². The van der Waals surface area contributed by atoms with E-state index in [1.165, 1.54) is 6.07 Å². The van der Waals surface area contributed by atoms with E-state index in [1.54, 1.807) is 24.3 Å². The normalized spacial score (nSPS) is 10.5. The maximum atomic E-state index is 13.7. The smallest absolute Gasteiger partial charge is 0.131 e. The maximum absolute atomic E-state index is 13.7. The van der Waals surface area contributed by atoms with Crippen LogP contribution in [0.15, 0.2) is 36.4 Å². The summed E-state index contributed by atoms with van der Waals surface area (Å²) in [5.41, 5.74) is 2.05. The van der Waals surface area contributed by atoms with Crippen LogP contribution in [0.4, 0.5) is 4.39 Å². The predicted molar refractivity (Wildman–Crippen MR) is 66.6 cm³/mol. The van der Waals surface area contributed by atoms with E-state index in [1.807, 2.05) is 13.0 Å². The fraction of sp³-hybridized carbons (Fsp3) is 0.0769. The first kappa shape index (κ1) is 11.4. The fourth-order valence-electron chi connectivity index (χ4n) is 1.67. The molecule has 0 nitrogen and oxygen atoms in total. The highest BCUT2D eigenvalue weighted by Crippen LogP contribution is 2.33. The molecule has 0 amide bonds. The monoisotopic (exact) mass is 254 g/mol. The van der Waals surface area contributed by atoms with E-state index >= 15 is 0 Å². The summed E-state index contributed by atoms with van der Waals surface area (Å²) in [6, 6.07) is 10.0. The van der Waals surface area contributed by atoms with Crippen molar-refractivity contribution in [2.45, 2.75) is 6.92 Å². The Bertz CT molecular complexity index is 515. The van der Waals surface area contributed by atoms with Crippen molar-refractivity contribution >= 4 is 23.2 Å². The Morgan fingerprint density at radius 1 is 1.06 bits per heavy atom. The molecule has 0 bridgehead atoms. The van der Waals surface area contributed by atoms with Crippen LogP contribution in [-0.2, 0) is 0 Å². The Hall–Kier alpha value is -1.05. The summed E-state index contributed by atoms with van der Waals surface area (Å²) in [6.07, 6.45) is 0. The number of benzene rings is 2. The van der Waals surface area contributed by atoms with Crippen molar-refractivity contribution in [3.63, 3.8) is 0 Å². The standard InChI is InChI=1S/C13H9Cl2F/c1-8-3-2-4-12(16)13(8)10-6-5-9(14)7-11(10)15/h2-7H,1H3. The zero-order chi connectivity index (χ0) is 11.7. The first-order valence-corrected chi connectivity index (χ1v) is 5.55. The molecule has 2 rings (SSSR count). The van der Waals surface area contributed by atoms with Crippen molar-refractivity contribution in [2.75, 3.05) is 0 Å².